The Bertz CT molecular complexity index is 112. The summed E-state index contributed by atoms with van der Waals surface area (Å²) in [7, 11) is 2.24. The molecule has 0 atom stereocenters. The first-order chi connectivity index (χ1) is 5.70. The maximum absolute atomic E-state index is 2.46. The summed E-state index contributed by atoms with van der Waals surface area (Å²) in [5.41, 5.74) is 0. The van der Waals surface area contributed by atoms with Crippen molar-refractivity contribution in [3.8, 4) is 0 Å². The van der Waals surface area contributed by atoms with Crippen molar-refractivity contribution in [2.75, 3.05) is 13.6 Å². The van der Waals surface area contributed by atoms with Gasteiger partial charge in [0.05, 0.1) is 0 Å². The molecule has 1 aliphatic rings. The highest BCUT2D eigenvalue weighted by molar-refractivity contribution is 4.69. The topological polar surface area (TPSA) is 3.24 Å². The van der Waals surface area contributed by atoms with Crippen molar-refractivity contribution < 1.29 is 0 Å². The first kappa shape index (κ1) is 10.0. The molecule has 0 radical (unpaired) electrons. The summed E-state index contributed by atoms with van der Waals surface area (Å²) in [5, 5.41) is 0. The van der Waals surface area contributed by atoms with E-state index in [-0.39, 0.29) is 0 Å². The molecule has 0 aromatic carbocycles. The van der Waals surface area contributed by atoms with E-state index in [1.807, 2.05) is 0 Å². The third-order valence-electron chi connectivity index (χ3n) is 3.25. The van der Waals surface area contributed by atoms with Crippen molar-refractivity contribution in [2.45, 2.75) is 52.0 Å². The summed E-state index contributed by atoms with van der Waals surface area (Å²) in [5.74, 6) is 1.05. The van der Waals surface area contributed by atoms with Gasteiger partial charge in [-0.1, -0.05) is 25.7 Å². The Hall–Kier alpha value is -0.0400. The van der Waals surface area contributed by atoms with Crippen LogP contribution in [0.5, 0.6) is 0 Å². The molecule has 1 saturated carbocycles. The second-order valence-corrected chi connectivity index (χ2v) is 4.51. The Morgan fingerprint density at radius 3 is 2.33 bits per heavy atom. The van der Waals surface area contributed by atoms with E-state index in [4.69, 9.17) is 0 Å². The van der Waals surface area contributed by atoms with Crippen LogP contribution in [-0.2, 0) is 0 Å². The third kappa shape index (κ3) is 3.14. The predicted octanol–water partition coefficient (Wildman–Crippen LogP) is 2.91. The van der Waals surface area contributed by atoms with Gasteiger partial charge in [-0.15, -0.1) is 0 Å². The monoisotopic (exact) mass is 169 g/mol. The summed E-state index contributed by atoms with van der Waals surface area (Å²) < 4.78 is 0. The van der Waals surface area contributed by atoms with Crippen LogP contribution < -0.4 is 0 Å². The molecule has 1 nitrogen and oxygen atoms in total. The largest absolute Gasteiger partial charge is 0.304 e. The summed E-state index contributed by atoms with van der Waals surface area (Å²) in [4.78, 5) is 2.46. The molecular formula is C11H23N. The molecule has 0 N–H and O–H groups in total. The Morgan fingerprint density at radius 1 is 1.25 bits per heavy atom. The van der Waals surface area contributed by atoms with Crippen molar-refractivity contribution in [2.24, 2.45) is 5.92 Å². The highest BCUT2D eigenvalue weighted by Gasteiger charge is 2.15. The number of nitrogens with zero attached hydrogens (tertiary/aromatic N) is 1. The molecule has 0 aromatic heterocycles. The van der Waals surface area contributed by atoms with Crippen LogP contribution in [0, 0.1) is 5.92 Å². The van der Waals surface area contributed by atoms with Gasteiger partial charge in [-0.05, 0) is 39.8 Å². The van der Waals surface area contributed by atoms with E-state index in [1.165, 1.54) is 38.6 Å². The molecule has 1 rings (SSSR count). The first-order valence-electron chi connectivity index (χ1n) is 5.40. The molecule has 12 heavy (non-hydrogen) atoms. The molecule has 0 aliphatic heterocycles. The zero-order valence-corrected chi connectivity index (χ0v) is 8.84. The van der Waals surface area contributed by atoms with E-state index in [9.17, 15) is 0 Å². The van der Waals surface area contributed by atoms with Crippen LogP contribution >= 0.6 is 0 Å². The van der Waals surface area contributed by atoms with Crippen LogP contribution in [-0.4, -0.2) is 24.5 Å². The van der Waals surface area contributed by atoms with E-state index >= 15 is 0 Å². The minimum absolute atomic E-state index is 0.714. The smallest absolute Gasteiger partial charge is 0.00355 e. The lowest BCUT2D eigenvalue weighted by molar-refractivity contribution is 0.251. The van der Waals surface area contributed by atoms with Crippen molar-refractivity contribution in [1.29, 1.82) is 0 Å². The van der Waals surface area contributed by atoms with E-state index in [2.05, 4.69) is 25.8 Å². The van der Waals surface area contributed by atoms with E-state index in [0.29, 0.717) is 6.04 Å². The summed E-state index contributed by atoms with van der Waals surface area (Å²) in [6.07, 6.45) is 7.37. The van der Waals surface area contributed by atoms with Gasteiger partial charge in [0.25, 0.3) is 0 Å². The zero-order chi connectivity index (χ0) is 8.97. The standard InChI is InChI=1S/C11H23N/c1-10(2)12(3)9-8-11-6-4-5-7-11/h10-11H,4-9H2,1-3H3. The minimum atomic E-state index is 0.714. The summed E-state index contributed by atoms with van der Waals surface area (Å²) >= 11 is 0. The third-order valence-corrected chi connectivity index (χ3v) is 3.25. The quantitative estimate of drug-likeness (QED) is 0.625. The maximum Gasteiger partial charge on any atom is 0.00355 e. The van der Waals surface area contributed by atoms with Gasteiger partial charge in [0.2, 0.25) is 0 Å². The van der Waals surface area contributed by atoms with Gasteiger partial charge in [0.1, 0.15) is 0 Å². The fourth-order valence-corrected chi connectivity index (χ4v) is 1.94. The van der Waals surface area contributed by atoms with Crippen LogP contribution in [0.1, 0.15) is 46.0 Å². The van der Waals surface area contributed by atoms with E-state index in [1.54, 1.807) is 0 Å². The lowest BCUT2D eigenvalue weighted by atomic mass is 10.0. The van der Waals surface area contributed by atoms with Gasteiger partial charge in [0, 0.05) is 6.04 Å². The Morgan fingerprint density at radius 2 is 1.83 bits per heavy atom. The molecular weight excluding hydrogens is 146 g/mol. The maximum atomic E-state index is 2.46. The zero-order valence-electron chi connectivity index (χ0n) is 8.84. The molecule has 0 aromatic rings. The molecule has 72 valence electrons. The average molecular weight is 169 g/mol. The first-order valence-corrected chi connectivity index (χ1v) is 5.40. The van der Waals surface area contributed by atoms with Gasteiger partial charge >= 0.3 is 0 Å². The molecule has 1 aliphatic carbocycles. The molecule has 0 spiro atoms. The van der Waals surface area contributed by atoms with Crippen LogP contribution in [0.15, 0.2) is 0 Å². The van der Waals surface area contributed by atoms with Gasteiger partial charge in [0.15, 0.2) is 0 Å². The average Bonchev–Trinajstić information content (AvgIpc) is 2.51. The predicted molar refractivity (Wildman–Crippen MR) is 54.3 cm³/mol. The van der Waals surface area contributed by atoms with Crippen molar-refractivity contribution >= 4 is 0 Å². The lowest BCUT2D eigenvalue weighted by Gasteiger charge is -2.22. The minimum Gasteiger partial charge on any atom is -0.304 e. The van der Waals surface area contributed by atoms with Gasteiger partial charge in [-0.25, -0.2) is 0 Å². The SMILES string of the molecule is CC(C)N(C)CCC1CCCC1. The van der Waals surface area contributed by atoms with Crippen LogP contribution in [0.3, 0.4) is 0 Å². The van der Waals surface area contributed by atoms with Crippen LogP contribution in [0.25, 0.3) is 0 Å². The van der Waals surface area contributed by atoms with Crippen molar-refractivity contribution in [3.63, 3.8) is 0 Å². The second kappa shape index (κ2) is 4.86. The molecule has 1 fully saturated rings. The van der Waals surface area contributed by atoms with Gasteiger partial charge in [-0.2, -0.15) is 0 Å². The molecule has 0 bridgehead atoms. The molecule has 0 saturated heterocycles. The fraction of sp³-hybridized carbons (Fsp3) is 1.00. The summed E-state index contributed by atoms with van der Waals surface area (Å²) in [6, 6.07) is 0.714. The highest BCUT2D eigenvalue weighted by atomic mass is 15.1. The number of rotatable bonds is 4. The number of hydrogen-bond acceptors (Lipinski definition) is 1. The normalized spacial score (nSPS) is 19.8. The molecule has 1 heteroatoms. The molecule has 0 amide bonds. The van der Waals surface area contributed by atoms with Gasteiger partial charge < -0.3 is 4.90 Å². The molecule has 0 unspecified atom stereocenters. The van der Waals surface area contributed by atoms with Gasteiger partial charge in [-0.3, -0.25) is 0 Å². The highest BCUT2D eigenvalue weighted by Crippen LogP contribution is 2.27. The number of hydrogen-bond donors (Lipinski definition) is 0. The lowest BCUT2D eigenvalue weighted by Crippen LogP contribution is -2.28. The van der Waals surface area contributed by atoms with E-state index in [0.717, 1.165) is 5.92 Å². The van der Waals surface area contributed by atoms with E-state index < -0.39 is 0 Å². The van der Waals surface area contributed by atoms with Crippen molar-refractivity contribution in [3.05, 3.63) is 0 Å². The second-order valence-electron chi connectivity index (χ2n) is 4.51. The molecule has 0 heterocycles. The summed E-state index contributed by atoms with van der Waals surface area (Å²) in [6.45, 7) is 5.84. The Labute approximate surface area is 77.1 Å². The van der Waals surface area contributed by atoms with Crippen LogP contribution in [0.2, 0.25) is 0 Å². The van der Waals surface area contributed by atoms with Crippen LogP contribution in [0.4, 0.5) is 0 Å². The Kier molecular flexibility index (Phi) is 4.07. The Balaban J connectivity index is 2.07. The van der Waals surface area contributed by atoms with Crippen molar-refractivity contribution in [1.82, 2.24) is 4.90 Å². The fourth-order valence-electron chi connectivity index (χ4n) is 1.94.